The third-order valence-electron chi connectivity index (χ3n) is 4.29. The summed E-state index contributed by atoms with van der Waals surface area (Å²) in [6.07, 6.45) is 2.49. The number of anilines is 1. The highest BCUT2D eigenvalue weighted by atomic mass is 16.3. The van der Waals surface area contributed by atoms with Gasteiger partial charge in [0.2, 0.25) is 0 Å². The van der Waals surface area contributed by atoms with Gasteiger partial charge in [-0.25, -0.2) is 4.98 Å². The van der Waals surface area contributed by atoms with E-state index >= 15 is 0 Å². The largest absolute Gasteiger partial charge is 0.387 e. The first kappa shape index (κ1) is 13.4. The Morgan fingerprint density at radius 2 is 2.00 bits per heavy atom. The second-order valence-corrected chi connectivity index (χ2v) is 5.42. The molecular formula is C17H22N2O. The lowest BCUT2D eigenvalue weighted by Gasteiger charge is -2.30. The van der Waals surface area contributed by atoms with Crippen LogP contribution in [-0.2, 0) is 6.42 Å². The molecule has 0 aliphatic heterocycles. The van der Waals surface area contributed by atoms with Crippen LogP contribution in [0.5, 0.6) is 0 Å². The van der Waals surface area contributed by atoms with Crippen molar-refractivity contribution in [2.75, 3.05) is 18.0 Å². The Kier molecular flexibility index (Phi) is 3.62. The molecule has 3 heteroatoms. The summed E-state index contributed by atoms with van der Waals surface area (Å²) in [6.45, 7) is 6.33. The molecule has 1 atom stereocenters. The topological polar surface area (TPSA) is 36.4 Å². The van der Waals surface area contributed by atoms with E-state index in [2.05, 4.69) is 30.9 Å². The van der Waals surface area contributed by atoms with Crippen LogP contribution in [0.4, 0.5) is 5.69 Å². The standard InChI is InChI=1S/C17H22N2O/c1-3-19(4-2)17-12-8-5-6-10-14(12)18-16-13(17)9-7-11-15(16)20/h5-6,8,10,15,20H,3-4,7,9,11H2,1-2H3. The Bertz CT molecular complexity index is 620. The molecule has 0 radical (unpaired) electrons. The molecule has 1 aliphatic carbocycles. The molecule has 1 heterocycles. The zero-order valence-corrected chi connectivity index (χ0v) is 12.3. The van der Waals surface area contributed by atoms with Gasteiger partial charge in [0.05, 0.1) is 23.0 Å². The van der Waals surface area contributed by atoms with Crippen molar-refractivity contribution in [3.8, 4) is 0 Å². The summed E-state index contributed by atoms with van der Waals surface area (Å²) in [4.78, 5) is 7.12. The van der Waals surface area contributed by atoms with E-state index < -0.39 is 6.10 Å². The minimum Gasteiger partial charge on any atom is -0.387 e. The van der Waals surface area contributed by atoms with E-state index in [-0.39, 0.29) is 0 Å². The van der Waals surface area contributed by atoms with Gasteiger partial charge in [0.1, 0.15) is 0 Å². The van der Waals surface area contributed by atoms with E-state index in [1.807, 2.05) is 12.1 Å². The number of para-hydroxylation sites is 1. The van der Waals surface area contributed by atoms with Crippen LogP contribution in [0.25, 0.3) is 10.9 Å². The highest BCUT2D eigenvalue weighted by molar-refractivity contribution is 5.94. The van der Waals surface area contributed by atoms with E-state index in [9.17, 15) is 5.11 Å². The average molecular weight is 270 g/mol. The smallest absolute Gasteiger partial charge is 0.0963 e. The van der Waals surface area contributed by atoms with Gasteiger partial charge in [0.25, 0.3) is 0 Å². The molecule has 0 fully saturated rings. The minimum atomic E-state index is -0.405. The van der Waals surface area contributed by atoms with E-state index in [0.717, 1.165) is 43.6 Å². The van der Waals surface area contributed by atoms with Crippen molar-refractivity contribution < 1.29 is 5.11 Å². The number of fused-ring (bicyclic) bond motifs is 2. The highest BCUT2D eigenvalue weighted by Gasteiger charge is 2.25. The predicted octanol–water partition coefficient (Wildman–Crippen LogP) is 3.45. The number of nitrogens with zero attached hydrogens (tertiary/aromatic N) is 2. The molecule has 20 heavy (non-hydrogen) atoms. The van der Waals surface area contributed by atoms with Crippen LogP contribution in [0.2, 0.25) is 0 Å². The second kappa shape index (κ2) is 5.41. The van der Waals surface area contributed by atoms with Crippen LogP contribution in [0, 0.1) is 0 Å². The number of hydrogen-bond acceptors (Lipinski definition) is 3. The molecule has 0 amide bonds. The summed E-state index contributed by atoms with van der Waals surface area (Å²) >= 11 is 0. The number of pyridine rings is 1. The number of aromatic nitrogens is 1. The van der Waals surface area contributed by atoms with Gasteiger partial charge in [0, 0.05) is 24.0 Å². The maximum Gasteiger partial charge on any atom is 0.0963 e. The fourth-order valence-electron chi connectivity index (χ4n) is 3.28. The molecule has 0 saturated carbocycles. The molecule has 0 bridgehead atoms. The average Bonchev–Trinajstić information content (AvgIpc) is 2.48. The molecular weight excluding hydrogens is 248 g/mol. The van der Waals surface area contributed by atoms with Gasteiger partial charge in [-0.3, -0.25) is 0 Å². The summed E-state index contributed by atoms with van der Waals surface area (Å²) < 4.78 is 0. The maximum atomic E-state index is 10.3. The van der Waals surface area contributed by atoms with Crippen molar-refractivity contribution in [3.05, 3.63) is 35.5 Å². The van der Waals surface area contributed by atoms with Gasteiger partial charge in [-0.15, -0.1) is 0 Å². The van der Waals surface area contributed by atoms with Crippen LogP contribution >= 0.6 is 0 Å². The Morgan fingerprint density at radius 1 is 1.25 bits per heavy atom. The lowest BCUT2D eigenvalue weighted by molar-refractivity contribution is 0.152. The third-order valence-corrected chi connectivity index (χ3v) is 4.29. The molecule has 0 saturated heterocycles. The van der Waals surface area contributed by atoms with E-state index in [4.69, 9.17) is 4.98 Å². The molecule has 1 aliphatic rings. The van der Waals surface area contributed by atoms with Gasteiger partial charge in [-0.1, -0.05) is 18.2 Å². The fourth-order valence-corrected chi connectivity index (χ4v) is 3.28. The highest BCUT2D eigenvalue weighted by Crippen LogP contribution is 2.39. The lowest BCUT2D eigenvalue weighted by atomic mass is 9.90. The van der Waals surface area contributed by atoms with E-state index in [1.165, 1.54) is 16.6 Å². The Morgan fingerprint density at radius 3 is 2.75 bits per heavy atom. The minimum absolute atomic E-state index is 0.405. The first-order valence-corrected chi connectivity index (χ1v) is 7.60. The fraction of sp³-hybridized carbons (Fsp3) is 0.471. The van der Waals surface area contributed by atoms with Gasteiger partial charge in [-0.05, 0) is 39.2 Å². The van der Waals surface area contributed by atoms with Crippen molar-refractivity contribution in [2.24, 2.45) is 0 Å². The van der Waals surface area contributed by atoms with Crippen molar-refractivity contribution in [2.45, 2.75) is 39.2 Å². The number of aliphatic hydroxyl groups excluding tert-OH is 1. The van der Waals surface area contributed by atoms with Crippen molar-refractivity contribution in [1.29, 1.82) is 0 Å². The van der Waals surface area contributed by atoms with Crippen LogP contribution in [0.1, 0.15) is 44.1 Å². The molecule has 1 N–H and O–H groups in total. The van der Waals surface area contributed by atoms with Gasteiger partial charge < -0.3 is 10.0 Å². The number of hydrogen-bond donors (Lipinski definition) is 1. The first-order valence-electron chi connectivity index (χ1n) is 7.60. The molecule has 3 nitrogen and oxygen atoms in total. The summed E-state index contributed by atoms with van der Waals surface area (Å²) in [5.41, 5.74) is 4.44. The van der Waals surface area contributed by atoms with Crippen LogP contribution < -0.4 is 4.90 Å². The van der Waals surface area contributed by atoms with Crippen molar-refractivity contribution >= 4 is 16.6 Å². The number of aliphatic hydroxyl groups is 1. The van der Waals surface area contributed by atoms with Crippen LogP contribution in [-0.4, -0.2) is 23.2 Å². The Hall–Kier alpha value is -1.61. The normalized spacial score (nSPS) is 18.1. The van der Waals surface area contributed by atoms with Gasteiger partial charge >= 0.3 is 0 Å². The number of rotatable bonds is 3. The van der Waals surface area contributed by atoms with Crippen LogP contribution in [0.15, 0.2) is 24.3 Å². The Labute approximate surface area is 120 Å². The van der Waals surface area contributed by atoms with Crippen molar-refractivity contribution in [3.63, 3.8) is 0 Å². The van der Waals surface area contributed by atoms with E-state index in [1.54, 1.807) is 0 Å². The summed E-state index contributed by atoms with van der Waals surface area (Å²) in [6, 6.07) is 8.28. The zero-order chi connectivity index (χ0) is 14.1. The summed E-state index contributed by atoms with van der Waals surface area (Å²) in [5, 5.41) is 11.5. The number of benzene rings is 1. The predicted molar refractivity (Wildman–Crippen MR) is 83.2 cm³/mol. The monoisotopic (exact) mass is 270 g/mol. The zero-order valence-electron chi connectivity index (χ0n) is 12.3. The van der Waals surface area contributed by atoms with Gasteiger partial charge in [0.15, 0.2) is 0 Å². The maximum absolute atomic E-state index is 10.3. The Balaban J connectivity index is 2.32. The molecule has 106 valence electrons. The first-order chi connectivity index (χ1) is 9.76. The quantitative estimate of drug-likeness (QED) is 0.928. The van der Waals surface area contributed by atoms with Gasteiger partial charge in [-0.2, -0.15) is 0 Å². The van der Waals surface area contributed by atoms with Crippen LogP contribution in [0.3, 0.4) is 0 Å². The lowest BCUT2D eigenvalue weighted by Crippen LogP contribution is -2.26. The SMILES string of the molecule is CCN(CC)c1c2c(nc3ccccc13)C(O)CCC2. The second-order valence-electron chi connectivity index (χ2n) is 5.42. The van der Waals surface area contributed by atoms with E-state index in [0.29, 0.717) is 0 Å². The molecule has 2 aromatic rings. The molecule has 1 aromatic carbocycles. The summed E-state index contributed by atoms with van der Waals surface area (Å²) in [5.74, 6) is 0. The van der Waals surface area contributed by atoms with Crippen molar-refractivity contribution in [1.82, 2.24) is 4.98 Å². The molecule has 3 rings (SSSR count). The molecule has 1 unspecified atom stereocenters. The third kappa shape index (κ3) is 2.06. The molecule has 1 aromatic heterocycles. The summed E-state index contributed by atoms with van der Waals surface area (Å²) in [7, 11) is 0. The molecule has 0 spiro atoms.